The van der Waals surface area contributed by atoms with E-state index < -0.39 is 0 Å². The molecule has 0 aromatic heterocycles. The van der Waals surface area contributed by atoms with E-state index in [1.54, 1.807) is 0 Å². The van der Waals surface area contributed by atoms with Crippen LogP contribution in [0.2, 0.25) is 0 Å². The maximum absolute atomic E-state index is 2.31. The van der Waals surface area contributed by atoms with E-state index in [1.807, 2.05) is 0 Å². The van der Waals surface area contributed by atoms with E-state index in [4.69, 9.17) is 0 Å². The van der Waals surface area contributed by atoms with Gasteiger partial charge in [0.05, 0.1) is 19.8 Å². The fourth-order valence-electron chi connectivity index (χ4n) is 1.92. The van der Waals surface area contributed by atoms with Gasteiger partial charge in [-0.15, -0.1) is 0 Å². The minimum Gasteiger partial charge on any atom is -1.00 e. The summed E-state index contributed by atoms with van der Waals surface area (Å²) in [5, 5.41) is 0. The van der Waals surface area contributed by atoms with E-state index in [9.17, 15) is 0 Å². The lowest BCUT2D eigenvalue weighted by atomic mass is 10.2. The minimum atomic E-state index is 0. The van der Waals surface area contributed by atoms with Crippen molar-refractivity contribution in [3.63, 3.8) is 0 Å². The van der Waals surface area contributed by atoms with Crippen molar-refractivity contribution >= 4 is 0 Å². The zero-order valence-corrected chi connectivity index (χ0v) is 11.8. The van der Waals surface area contributed by atoms with Gasteiger partial charge in [-0.25, -0.2) is 0 Å². The largest absolute Gasteiger partial charge is 1.00 e. The van der Waals surface area contributed by atoms with Gasteiger partial charge in [0, 0.05) is 7.05 Å². The van der Waals surface area contributed by atoms with Gasteiger partial charge in [0.25, 0.3) is 0 Å². The van der Waals surface area contributed by atoms with Crippen LogP contribution in [0.3, 0.4) is 0 Å². The molecule has 0 aliphatic carbocycles. The SMILES string of the molecule is CCCCCC[N+]1(C)C=CN(C)C1.[I-]. The van der Waals surface area contributed by atoms with Crippen molar-refractivity contribution in [2.24, 2.45) is 0 Å². The molecule has 1 heterocycles. The van der Waals surface area contributed by atoms with Crippen LogP contribution >= 0.6 is 0 Å². The highest BCUT2D eigenvalue weighted by Crippen LogP contribution is 2.15. The molecule has 1 aliphatic rings. The van der Waals surface area contributed by atoms with Gasteiger partial charge < -0.3 is 28.9 Å². The van der Waals surface area contributed by atoms with Crippen LogP contribution in [-0.2, 0) is 0 Å². The quantitative estimate of drug-likeness (QED) is 0.372. The lowest BCUT2D eigenvalue weighted by molar-refractivity contribution is -0.861. The molecule has 1 aliphatic heterocycles. The van der Waals surface area contributed by atoms with Gasteiger partial charge in [-0.3, -0.25) is 4.48 Å². The van der Waals surface area contributed by atoms with Gasteiger partial charge >= 0.3 is 0 Å². The van der Waals surface area contributed by atoms with Crippen LogP contribution in [0.25, 0.3) is 0 Å². The normalized spacial score (nSPS) is 25.2. The number of hydrogen-bond acceptors (Lipinski definition) is 1. The fraction of sp³-hybridized carbons (Fsp3) is 0.818. The van der Waals surface area contributed by atoms with Crippen LogP contribution in [0.1, 0.15) is 32.6 Å². The minimum absolute atomic E-state index is 0. The van der Waals surface area contributed by atoms with Gasteiger partial charge in [0.1, 0.15) is 6.20 Å². The van der Waals surface area contributed by atoms with Crippen molar-refractivity contribution in [2.45, 2.75) is 32.6 Å². The van der Waals surface area contributed by atoms with Crippen LogP contribution in [0.4, 0.5) is 0 Å². The fourth-order valence-corrected chi connectivity index (χ4v) is 1.92. The molecule has 0 aromatic rings. The molecule has 1 atom stereocenters. The Morgan fingerprint density at radius 1 is 1.29 bits per heavy atom. The van der Waals surface area contributed by atoms with E-state index in [1.165, 1.54) is 32.2 Å². The molecule has 0 N–H and O–H groups in total. The second-order valence-corrected chi connectivity index (χ2v) is 4.46. The third-order valence-electron chi connectivity index (χ3n) is 2.75. The molecule has 3 heteroatoms. The van der Waals surface area contributed by atoms with Crippen molar-refractivity contribution in [1.29, 1.82) is 0 Å². The Kier molecular flexibility index (Phi) is 6.78. The van der Waals surface area contributed by atoms with E-state index in [-0.39, 0.29) is 24.0 Å². The molecular formula is C11H23IN2. The summed E-state index contributed by atoms with van der Waals surface area (Å²) in [7, 11) is 4.46. The first-order valence-corrected chi connectivity index (χ1v) is 5.40. The van der Waals surface area contributed by atoms with Crippen molar-refractivity contribution in [1.82, 2.24) is 4.90 Å². The molecule has 2 nitrogen and oxygen atoms in total. The summed E-state index contributed by atoms with van der Waals surface area (Å²) in [6.07, 6.45) is 9.98. The first-order chi connectivity index (χ1) is 6.16. The zero-order chi connectivity index (χ0) is 9.73. The molecule has 0 spiro atoms. The Bertz CT molecular complexity index is 182. The predicted octanol–water partition coefficient (Wildman–Crippen LogP) is -0.609. The third kappa shape index (κ3) is 4.64. The highest BCUT2D eigenvalue weighted by atomic mass is 127. The van der Waals surface area contributed by atoms with Crippen molar-refractivity contribution in [3.05, 3.63) is 12.4 Å². The van der Waals surface area contributed by atoms with Crippen LogP contribution in [0, 0.1) is 0 Å². The summed E-state index contributed by atoms with van der Waals surface area (Å²) < 4.78 is 1.10. The standard InChI is InChI=1S/C11H23N2.HI/c1-4-5-6-7-9-13(3)10-8-12(2)11-13;/h8,10H,4-7,9,11H2,1-3H3;1H/q+1;/p-1. The highest BCUT2D eigenvalue weighted by Gasteiger charge is 2.24. The van der Waals surface area contributed by atoms with E-state index in [0.717, 1.165) is 11.2 Å². The van der Waals surface area contributed by atoms with Gasteiger partial charge in [-0.05, 0) is 12.8 Å². The Hall–Kier alpha value is 0.230. The lowest BCUT2D eigenvalue weighted by Crippen LogP contribution is -3.00. The molecule has 0 bridgehead atoms. The first kappa shape index (κ1) is 14.2. The number of nitrogens with zero attached hydrogens (tertiary/aromatic N) is 2. The van der Waals surface area contributed by atoms with Gasteiger partial charge in [-0.2, -0.15) is 0 Å². The molecule has 14 heavy (non-hydrogen) atoms. The van der Waals surface area contributed by atoms with Crippen LogP contribution in [0.5, 0.6) is 0 Å². The maximum Gasteiger partial charge on any atom is 0.158 e. The Labute approximate surface area is 106 Å². The second kappa shape index (κ2) is 6.67. The average Bonchev–Trinajstić information content (AvgIpc) is 2.41. The molecule has 1 unspecified atom stereocenters. The average molecular weight is 310 g/mol. The first-order valence-electron chi connectivity index (χ1n) is 5.40. The number of hydrogen-bond donors (Lipinski definition) is 0. The maximum atomic E-state index is 2.31. The third-order valence-corrected chi connectivity index (χ3v) is 2.75. The Morgan fingerprint density at radius 2 is 2.00 bits per heavy atom. The lowest BCUT2D eigenvalue weighted by Gasteiger charge is -2.27. The molecule has 84 valence electrons. The molecule has 0 amide bonds. The zero-order valence-electron chi connectivity index (χ0n) is 9.67. The van der Waals surface area contributed by atoms with E-state index >= 15 is 0 Å². The van der Waals surface area contributed by atoms with E-state index in [2.05, 4.69) is 38.3 Å². The Morgan fingerprint density at radius 3 is 2.50 bits per heavy atom. The molecule has 1 rings (SSSR count). The van der Waals surface area contributed by atoms with Crippen molar-refractivity contribution in [3.8, 4) is 0 Å². The molecular weight excluding hydrogens is 287 g/mol. The predicted molar refractivity (Wildman–Crippen MR) is 57.0 cm³/mol. The molecule has 0 aromatic carbocycles. The molecule has 0 fully saturated rings. The summed E-state index contributed by atoms with van der Waals surface area (Å²) >= 11 is 0. The van der Waals surface area contributed by atoms with Gasteiger partial charge in [0.2, 0.25) is 0 Å². The second-order valence-electron chi connectivity index (χ2n) is 4.46. The number of quaternary nitrogens is 1. The highest BCUT2D eigenvalue weighted by molar-refractivity contribution is 4.78. The number of unbranched alkanes of at least 4 members (excludes halogenated alkanes) is 3. The van der Waals surface area contributed by atoms with Crippen LogP contribution in [-0.4, -0.2) is 36.7 Å². The van der Waals surface area contributed by atoms with Crippen LogP contribution in [0.15, 0.2) is 12.4 Å². The Balaban J connectivity index is 0.00000169. The van der Waals surface area contributed by atoms with Crippen molar-refractivity contribution < 1.29 is 28.5 Å². The van der Waals surface area contributed by atoms with Crippen LogP contribution < -0.4 is 24.0 Å². The summed E-state index contributed by atoms with van der Waals surface area (Å²) in [5.74, 6) is 0. The summed E-state index contributed by atoms with van der Waals surface area (Å²) in [6, 6.07) is 0. The molecule has 0 radical (unpaired) electrons. The summed E-state index contributed by atoms with van der Waals surface area (Å²) in [6.45, 7) is 4.70. The summed E-state index contributed by atoms with van der Waals surface area (Å²) in [4.78, 5) is 2.26. The van der Waals surface area contributed by atoms with E-state index in [0.29, 0.717) is 0 Å². The monoisotopic (exact) mass is 310 g/mol. The topological polar surface area (TPSA) is 3.24 Å². The molecule has 0 saturated heterocycles. The van der Waals surface area contributed by atoms with Crippen molar-refractivity contribution in [2.75, 3.05) is 27.3 Å². The smallest absolute Gasteiger partial charge is 0.158 e. The number of rotatable bonds is 5. The van der Waals surface area contributed by atoms with Gasteiger partial charge in [-0.1, -0.05) is 19.8 Å². The molecule has 0 saturated carbocycles. The summed E-state index contributed by atoms with van der Waals surface area (Å²) in [5.41, 5.74) is 0. The number of halogens is 1. The van der Waals surface area contributed by atoms with Gasteiger partial charge in [0.15, 0.2) is 6.67 Å².